The molecule has 1 amide bonds. The Kier molecular flexibility index (Phi) is 4.86. The van der Waals surface area contributed by atoms with Crippen LogP contribution in [0.1, 0.15) is 16.9 Å². The number of nitrogens with zero attached hydrogens (tertiary/aromatic N) is 2. The second kappa shape index (κ2) is 5.95. The average Bonchev–Trinajstić information content (AvgIpc) is 2.70. The summed E-state index contributed by atoms with van der Waals surface area (Å²) in [5.74, 6) is 0.0151. The monoisotopic (exact) mass is 267 g/mol. The molecule has 0 saturated carbocycles. The van der Waals surface area contributed by atoms with E-state index in [9.17, 15) is 18.0 Å². The van der Waals surface area contributed by atoms with Gasteiger partial charge in [0.2, 0.25) is 0 Å². The minimum atomic E-state index is -4.26. The predicted octanol–water partition coefficient (Wildman–Crippen LogP) is 1.50. The van der Waals surface area contributed by atoms with Gasteiger partial charge in [-0.3, -0.25) is 9.48 Å². The average molecular weight is 267 g/mol. The molecule has 0 aromatic carbocycles. The summed E-state index contributed by atoms with van der Waals surface area (Å²) in [6.45, 7) is -0.00742. The van der Waals surface area contributed by atoms with Crippen LogP contribution in [-0.2, 0) is 6.54 Å². The molecule has 8 heteroatoms. The lowest BCUT2D eigenvalue weighted by atomic mass is 10.3. The highest BCUT2D eigenvalue weighted by atomic mass is 32.1. The molecule has 1 rings (SSSR count). The number of rotatable bonds is 5. The molecule has 0 saturated heterocycles. The molecular formula is C9H12F3N3OS. The number of carbonyl (C=O) groups excluding carboxylic acids is 1. The number of thiol groups is 1. The van der Waals surface area contributed by atoms with Crippen LogP contribution >= 0.6 is 12.6 Å². The maximum atomic E-state index is 12.0. The fraction of sp³-hybridized carbons (Fsp3) is 0.556. The number of amides is 1. The highest BCUT2D eigenvalue weighted by Crippen LogP contribution is 2.20. The van der Waals surface area contributed by atoms with Crippen LogP contribution in [0.3, 0.4) is 0 Å². The van der Waals surface area contributed by atoms with Crippen LogP contribution < -0.4 is 5.32 Å². The van der Waals surface area contributed by atoms with E-state index in [0.29, 0.717) is 12.3 Å². The van der Waals surface area contributed by atoms with Crippen molar-refractivity contribution < 1.29 is 18.0 Å². The third-order valence-corrected chi connectivity index (χ3v) is 2.18. The summed E-state index contributed by atoms with van der Waals surface area (Å²) < 4.78 is 37.1. The van der Waals surface area contributed by atoms with Crippen LogP contribution in [0.15, 0.2) is 12.3 Å². The molecule has 0 aliphatic heterocycles. The first kappa shape index (κ1) is 13.9. The molecule has 4 nitrogen and oxygen atoms in total. The van der Waals surface area contributed by atoms with E-state index in [0.717, 1.165) is 4.68 Å². The Labute approximate surface area is 102 Å². The molecule has 0 aliphatic rings. The number of aryl methyl sites for hydroxylation is 1. The number of hydrogen-bond donors (Lipinski definition) is 2. The molecule has 1 aromatic rings. The fourth-order valence-corrected chi connectivity index (χ4v) is 1.31. The standard InChI is InChI=1S/C9H12F3N3OS/c10-9(11,12)2-5-15-7(1-3-14-15)8(16)13-4-6-17/h1,3,17H,2,4-6H2,(H,13,16). The predicted molar refractivity (Wildman–Crippen MR) is 59.1 cm³/mol. The summed E-state index contributed by atoms with van der Waals surface area (Å²) in [5.41, 5.74) is 0.121. The molecular weight excluding hydrogens is 255 g/mol. The molecule has 0 fully saturated rings. The summed E-state index contributed by atoms with van der Waals surface area (Å²) in [6, 6.07) is 1.38. The van der Waals surface area contributed by atoms with Crippen molar-refractivity contribution in [1.29, 1.82) is 0 Å². The fourth-order valence-electron chi connectivity index (χ4n) is 1.20. The third-order valence-electron chi connectivity index (χ3n) is 1.95. The minimum Gasteiger partial charge on any atom is -0.350 e. The van der Waals surface area contributed by atoms with Crippen LogP contribution in [0.4, 0.5) is 13.2 Å². The van der Waals surface area contributed by atoms with Crippen LogP contribution in [-0.4, -0.2) is 34.2 Å². The maximum Gasteiger partial charge on any atom is 0.390 e. The first-order valence-electron chi connectivity index (χ1n) is 4.91. The van der Waals surface area contributed by atoms with Crippen molar-refractivity contribution in [3.05, 3.63) is 18.0 Å². The van der Waals surface area contributed by atoms with E-state index in [-0.39, 0.29) is 12.2 Å². The molecule has 0 spiro atoms. The normalized spacial score (nSPS) is 11.5. The zero-order valence-corrected chi connectivity index (χ0v) is 9.76. The summed E-state index contributed by atoms with van der Waals surface area (Å²) in [6.07, 6.45) is -3.97. The molecule has 0 aliphatic carbocycles. The van der Waals surface area contributed by atoms with Crippen LogP contribution in [0, 0.1) is 0 Å². The van der Waals surface area contributed by atoms with Gasteiger partial charge in [-0.2, -0.15) is 30.9 Å². The van der Waals surface area contributed by atoms with Gasteiger partial charge in [0.05, 0.1) is 13.0 Å². The second-order valence-corrected chi connectivity index (χ2v) is 3.73. The van der Waals surface area contributed by atoms with Crippen LogP contribution in [0.2, 0.25) is 0 Å². The van der Waals surface area contributed by atoms with E-state index >= 15 is 0 Å². The summed E-state index contributed by atoms with van der Waals surface area (Å²) in [7, 11) is 0. The van der Waals surface area contributed by atoms with Crippen molar-refractivity contribution in [3.63, 3.8) is 0 Å². The lowest BCUT2D eigenvalue weighted by Gasteiger charge is -2.09. The molecule has 1 aromatic heterocycles. The molecule has 96 valence electrons. The van der Waals surface area contributed by atoms with Gasteiger partial charge in [0.25, 0.3) is 5.91 Å². The Hall–Kier alpha value is -1.18. The number of alkyl halides is 3. The van der Waals surface area contributed by atoms with Crippen molar-refractivity contribution in [2.75, 3.05) is 12.3 Å². The van der Waals surface area contributed by atoms with E-state index in [1.807, 2.05) is 0 Å². The van der Waals surface area contributed by atoms with Crippen LogP contribution in [0.25, 0.3) is 0 Å². The van der Waals surface area contributed by atoms with Gasteiger partial charge in [-0.25, -0.2) is 0 Å². The van der Waals surface area contributed by atoms with Crippen molar-refractivity contribution in [2.24, 2.45) is 0 Å². The quantitative estimate of drug-likeness (QED) is 0.794. The van der Waals surface area contributed by atoms with Gasteiger partial charge in [0, 0.05) is 18.5 Å². The molecule has 17 heavy (non-hydrogen) atoms. The minimum absolute atomic E-state index is 0.121. The van der Waals surface area contributed by atoms with E-state index in [1.165, 1.54) is 12.3 Å². The second-order valence-electron chi connectivity index (χ2n) is 3.28. The van der Waals surface area contributed by atoms with Gasteiger partial charge >= 0.3 is 6.18 Å². The molecule has 0 atom stereocenters. The molecule has 0 radical (unpaired) electrons. The van der Waals surface area contributed by atoms with Gasteiger partial charge in [0.1, 0.15) is 5.69 Å². The molecule has 1 N–H and O–H groups in total. The third kappa shape index (κ3) is 4.68. The zero-order valence-electron chi connectivity index (χ0n) is 8.87. The van der Waals surface area contributed by atoms with E-state index in [2.05, 4.69) is 23.0 Å². The Morgan fingerprint density at radius 3 is 2.82 bits per heavy atom. The number of hydrogen-bond acceptors (Lipinski definition) is 3. The summed E-state index contributed by atoms with van der Waals surface area (Å²) in [4.78, 5) is 11.5. The summed E-state index contributed by atoms with van der Waals surface area (Å²) >= 11 is 3.91. The molecule has 0 bridgehead atoms. The van der Waals surface area contributed by atoms with Crippen molar-refractivity contribution in [1.82, 2.24) is 15.1 Å². The highest BCUT2D eigenvalue weighted by molar-refractivity contribution is 7.80. The zero-order chi connectivity index (χ0) is 12.9. The van der Waals surface area contributed by atoms with Crippen molar-refractivity contribution in [3.8, 4) is 0 Å². The van der Waals surface area contributed by atoms with Gasteiger partial charge in [0.15, 0.2) is 0 Å². The van der Waals surface area contributed by atoms with Gasteiger partial charge in [-0.05, 0) is 6.07 Å². The van der Waals surface area contributed by atoms with Gasteiger partial charge in [-0.15, -0.1) is 0 Å². The Morgan fingerprint density at radius 2 is 2.24 bits per heavy atom. The number of halogens is 3. The summed E-state index contributed by atoms with van der Waals surface area (Å²) in [5, 5.41) is 6.20. The number of nitrogens with one attached hydrogen (secondary N) is 1. The topological polar surface area (TPSA) is 46.9 Å². The Bertz CT molecular complexity index is 378. The van der Waals surface area contributed by atoms with E-state index in [1.54, 1.807) is 0 Å². The lowest BCUT2D eigenvalue weighted by molar-refractivity contribution is -0.137. The lowest BCUT2D eigenvalue weighted by Crippen LogP contribution is -2.28. The largest absolute Gasteiger partial charge is 0.390 e. The number of carbonyl (C=O) groups is 1. The smallest absolute Gasteiger partial charge is 0.350 e. The Morgan fingerprint density at radius 1 is 1.53 bits per heavy atom. The van der Waals surface area contributed by atoms with E-state index in [4.69, 9.17) is 0 Å². The van der Waals surface area contributed by atoms with Crippen molar-refractivity contribution in [2.45, 2.75) is 19.1 Å². The first-order valence-corrected chi connectivity index (χ1v) is 5.55. The maximum absolute atomic E-state index is 12.0. The number of aromatic nitrogens is 2. The van der Waals surface area contributed by atoms with Crippen molar-refractivity contribution >= 4 is 18.5 Å². The van der Waals surface area contributed by atoms with E-state index < -0.39 is 18.5 Å². The first-order chi connectivity index (χ1) is 7.94. The molecule has 0 unspecified atom stereocenters. The highest BCUT2D eigenvalue weighted by Gasteiger charge is 2.27. The van der Waals surface area contributed by atoms with Gasteiger partial charge < -0.3 is 5.32 Å². The Balaban J connectivity index is 2.62. The molecule has 1 heterocycles. The SMILES string of the molecule is O=C(NCCS)c1ccnn1CCC(F)(F)F. The van der Waals surface area contributed by atoms with Crippen LogP contribution in [0.5, 0.6) is 0 Å². The van der Waals surface area contributed by atoms with Gasteiger partial charge in [-0.1, -0.05) is 0 Å².